The molecule has 0 aromatic heterocycles. The van der Waals surface area contributed by atoms with Crippen LogP contribution in [0.2, 0.25) is 0 Å². The number of carboxylic acid groups (broad SMARTS) is 1. The van der Waals surface area contributed by atoms with E-state index in [1.807, 2.05) is 0 Å². The quantitative estimate of drug-likeness (QED) is 0.757. The number of nitrogens with one attached hydrogen (secondary N) is 1. The Morgan fingerprint density at radius 3 is 2.26 bits per heavy atom. The van der Waals surface area contributed by atoms with E-state index in [0.717, 1.165) is 18.8 Å². The van der Waals surface area contributed by atoms with Gasteiger partial charge in [-0.25, -0.2) is 0 Å². The Labute approximate surface area is 140 Å². The molecule has 1 aliphatic rings. The number of hydrogen-bond acceptors (Lipinski definition) is 2. The van der Waals surface area contributed by atoms with Crippen LogP contribution in [0.5, 0.6) is 0 Å². The summed E-state index contributed by atoms with van der Waals surface area (Å²) in [6.07, 6.45) is 7.04. The lowest BCUT2D eigenvalue weighted by Gasteiger charge is -2.30. The van der Waals surface area contributed by atoms with Gasteiger partial charge in [0, 0.05) is 18.2 Å². The maximum absolute atomic E-state index is 10.6. The molecule has 3 nitrogen and oxygen atoms in total. The van der Waals surface area contributed by atoms with Gasteiger partial charge >= 0.3 is 5.97 Å². The second-order valence-electron chi connectivity index (χ2n) is 7.98. The minimum atomic E-state index is -0.668. The second-order valence-corrected chi connectivity index (χ2v) is 7.98. The van der Waals surface area contributed by atoms with Crippen LogP contribution in [0.25, 0.3) is 0 Å². The summed E-state index contributed by atoms with van der Waals surface area (Å²) in [7, 11) is 0. The van der Waals surface area contributed by atoms with E-state index in [1.165, 1.54) is 36.9 Å². The minimum absolute atomic E-state index is 0.201. The summed E-state index contributed by atoms with van der Waals surface area (Å²) in [5.74, 6) is 0.0507. The highest BCUT2D eigenvalue weighted by Crippen LogP contribution is 2.30. The zero-order valence-electron chi connectivity index (χ0n) is 14.8. The molecular weight excluding hydrogens is 286 g/mol. The fourth-order valence-electron chi connectivity index (χ4n) is 3.44. The zero-order valence-corrected chi connectivity index (χ0v) is 14.8. The van der Waals surface area contributed by atoms with Crippen molar-refractivity contribution < 1.29 is 9.90 Å². The molecule has 1 aliphatic carbocycles. The van der Waals surface area contributed by atoms with Gasteiger partial charge in [0.2, 0.25) is 0 Å². The van der Waals surface area contributed by atoms with E-state index in [0.29, 0.717) is 12.5 Å². The van der Waals surface area contributed by atoms with Crippen LogP contribution in [0.1, 0.15) is 71.3 Å². The van der Waals surface area contributed by atoms with Crippen molar-refractivity contribution in [2.75, 3.05) is 5.32 Å². The second kappa shape index (κ2) is 7.85. The first-order chi connectivity index (χ1) is 10.8. The van der Waals surface area contributed by atoms with Gasteiger partial charge in [0.25, 0.3) is 0 Å². The SMILES string of the molecule is CC(C)(C)c1ccc(NC2CCC(CCCC(=O)O)CC2)cc1. The van der Waals surface area contributed by atoms with Crippen LogP contribution in [0.3, 0.4) is 0 Å². The first kappa shape index (κ1) is 17.8. The Hall–Kier alpha value is -1.51. The molecule has 1 aromatic rings. The third-order valence-corrected chi connectivity index (χ3v) is 4.97. The zero-order chi connectivity index (χ0) is 16.9. The summed E-state index contributed by atoms with van der Waals surface area (Å²) in [6.45, 7) is 6.71. The van der Waals surface area contributed by atoms with E-state index in [9.17, 15) is 4.79 Å². The van der Waals surface area contributed by atoms with E-state index >= 15 is 0 Å². The average molecular weight is 317 g/mol. The van der Waals surface area contributed by atoms with Gasteiger partial charge in [0.1, 0.15) is 0 Å². The summed E-state index contributed by atoms with van der Waals surface area (Å²) in [4.78, 5) is 10.6. The molecule has 0 heterocycles. The molecule has 23 heavy (non-hydrogen) atoms. The van der Waals surface area contributed by atoms with Crippen LogP contribution in [0, 0.1) is 5.92 Å². The van der Waals surface area contributed by atoms with Crippen LogP contribution >= 0.6 is 0 Å². The van der Waals surface area contributed by atoms with Crippen LogP contribution in [-0.4, -0.2) is 17.1 Å². The molecule has 0 spiro atoms. The van der Waals surface area contributed by atoms with Crippen LogP contribution in [0.4, 0.5) is 5.69 Å². The molecule has 128 valence electrons. The van der Waals surface area contributed by atoms with Gasteiger partial charge in [-0.3, -0.25) is 4.79 Å². The highest BCUT2D eigenvalue weighted by atomic mass is 16.4. The van der Waals surface area contributed by atoms with Crippen molar-refractivity contribution in [2.24, 2.45) is 5.92 Å². The minimum Gasteiger partial charge on any atom is -0.481 e. The number of aliphatic carboxylic acids is 1. The lowest BCUT2D eigenvalue weighted by molar-refractivity contribution is -0.137. The van der Waals surface area contributed by atoms with Crippen molar-refractivity contribution in [1.29, 1.82) is 0 Å². The lowest BCUT2D eigenvalue weighted by Crippen LogP contribution is -2.26. The molecule has 0 unspecified atom stereocenters. The number of benzene rings is 1. The van der Waals surface area contributed by atoms with Crippen molar-refractivity contribution in [2.45, 2.75) is 77.2 Å². The summed E-state index contributed by atoms with van der Waals surface area (Å²) in [5, 5.41) is 12.4. The van der Waals surface area contributed by atoms with Gasteiger partial charge < -0.3 is 10.4 Å². The van der Waals surface area contributed by atoms with Crippen molar-refractivity contribution in [3.05, 3.63) is 29.8 Å². The monoisotopic (exact) mass is 317 g/mol. The van der Waals surface area contributed by atoms with Crippen LogP contribution in [0.15, 0.2) is 24.3 Å². The lowest BCUT2D eigenvalue weighted by atomic mass is 9.83. The Bertz CT molecular complexity index is 493. The number of carboxylic acids is 1. The molecule has 1 saturated carbocycles. The normalized spacial score (nSPS) is 21.9. The molecule has 0 radical (unpaired) electrons. The van der Waals surface area contributed by atoms with Gasteiger partial charge in [0.05, 0.1) is 0 Å². The molecule has 2 N–H and O–H groups in total. The highest BCUT2D eigenvalue weighted by molar-refractivity contribution is 5.66. The maximum Gasteiger partial charge on any atom is 0.303 e. The average Bonchev–Trinajstić information content (AvgIpc) is 2.48. The third-order valence-electron chi connectivity index (χ3n) is 4.97. The molecule has 2 rings (SSSR count). The van der Waals surface area contributed by atoms with E-state index in [1.54, 1.807) is 0 Å². The fraction of sp³-hybridized carbons (Fsp3) is 0.650. The van der Waals surface area contributed by atoms with E-state index in [4.69, 9.17) is 5.11 Å². The van der Waals surface area contributed by atoms with Gasteiger partial charge in [-0.05, 0) is 67.6 Å². The highest BCUT2D eigenvalue weighted by Gasteiger charge is 2.21. The topological polar surface area (TPSA) is 49.3 Å². The number of anilines is 1. The Kier molecular flexibility index (Phi) is 6.09. The predicted octanol–water partition coefficient (Wildman–Crippen LogP) is 5.21. The van der Waals surface area contributed by atoms with E-state index in [2.05, 4.69) is 50.4 Å². The number of hydrogen-bond donors (Lipinski definition) is 2. The summed E-state index contributed by atoms with van der Waals surface area (Å²) < 4.78 is 0. The first-order valence-corrected chi connectivity index (χ1v) is 8.93. The smallest absolute Gasteiger partial charge is 0.303 e. The molecule has 1 fully saturated rings. The molecular formula is C20H31NO2. The maximum atomic E-state index is 10.6. The van der Waals surface area contributed by atoms with Crippen molar-refractivity contribution >= 4 is 11.7 Å². The largest absolute Gasteiger partial charge is 0.481 e. The predicted molar refractivity (Wildman–Crippen MR) is 96.0 cm³/mol. The number of carbonyl (C=O) groups is 1. The third kappa shape index (κ3) is 5.89. The van der Waals surface area contributed by atoms with E-state index in [-0.39, 0.29) is 5.41 Å². The van der Waals surface area contributed by atoms with Gasteiger partial charge in [-0.1, -0.05) is 32.9 Å². The molecule has 1 aromatic carbocycles. The Morgan fingerprint density at radius 2 is 1.74 bits per heavy atom. The van der Waals surface area contributed by atoms with Crippen LogP contribution in [-0.2, 0) is 10.2 Å². The molecule has 3 heteroatoms. The van der Waals surface area contributed by atoms with Crippen molar-refractivity contribution in [3.8, 4) is 0 Å². The first-order valence-electron chi connectivity index (χ1n) is 8.93. The van der Waals surface area contributed by atoms with Crippen LogP contribution < -0.4 is 5.32 Å². The van der Waals surface area contributed by atoms with Gasteiger partial charge in [-0.15, -0.1) is 0 Å². The molecule has 0 atom stereocenters. The van der Waals surface area contributed by atoms with Crippen molar-refractivity contribution in [3.63, 3.8) is 0 Å². The van der Waals surface area contributed by atoms with Gasteiger partial charge in [-0.2, -0.15) is 0 Å². The molecule has 0 saturated heterocycles. The summed E-state index contributed by atoms with van der Waals surface area (Å²) in [6, 6.07) is 9.39. The Morgan fingerprint density at radius 1 is 1.13 bits per heavy atom. The molecule has 0 amide bonds. The standard InChI is InChI=1S/C20H31NO2/c1-20(2,3)16-9-13-18(14-10-16)21-17-11-7-15(8-12-17)5-4-6-19(22)23/h9-10,13-15,17,21H,4-8,11-12H2,1-3H3,(H,22,23). The fourth-order valence-corrected chi connectivity index (χ4v) is 3.44. The Balaban J connectivity index is 1.75. The summed E-state index contributed by atoms with van der Waals surface area (Å²) >= 11 is 0. The van der Waals surface area contributed by atoms with Gasteiger partial charge in [0.15, 0.2) is 0 Å². The van der Waals surface area contributed by atoms with E-state index < -0.39 is 5.97 Å². The summed E-state index contributed by atoms with van der Waals surface area (Å²) in [5.41, 5.74) is 2.78. The van der Waals surface area contributed by atoms with Crippen molar-refractivity contribution in [1.82, 2.24) is 0 Å². The molecule has 0 bridgehead atoms. The molecule has 0 aliphatic heterocycles. The number of rotatable bonds is 6.